The highest BCUT2D eigenvalue weighted by Crippen LogP contribution is 2.16. The third-order valence-corrected chi connectivity index (χ3v) is 2.06. The molecular formula is C11H20O4. The molecule has 0 rings (SSSR count). The lowest BCUT2D eigenvalue weighted by atomic mass is 9.93. The van der Waals surface area contributed by atoms with E-state index in [-0.39, 0.29) is 19.1 Å². The van der Waals surface area contributed by atoms with Crippen LogP contribution in [-0.4, -0.2) is 35.5 Å². The topological polar surface area (TPSA) is 66.8 Å². The molecule has 0 radical (unpaired) electrons. The Morgan fingerprint density at radius 2 is 2.07 bits per heavy atom. The van der Waals surface area contributed by atoms with Gasteiger partial charge < -0.3 is 14.9 Å². The van der Waals surface area contributed by atoms with Crippen LogP contribution in [0.1, 0.15) is 20.8 Å². The van der Waals surface area contributed by atoms with E-state index in [9.17, 15) is 9.90 Å². The molecule has 0 saturated heterocycles. The summed E-state index contributed by atoms with van der Waals surface area (Å²) < 4.78 is 4.84. The number of hydrogen-bond donors (Lipinski definition) is 2. The fraction of sp³-hybridized carbons (Fsp3) is 0.727. The molecule has 0 spiro atoms. The standard InChI is InChI=1S/C11H20O4/c1-4-15-11(14)9(6-5-7-12)10(13)8(2)3/h5-6,8-10,12-13H,4,7H2,1-3H3/b6-5+/t9-,10+/m1/s1. The first-order chi connectivity index (χ1) is 7.04. The highest BCUT2D eigenvalue weighted by molar-refractivity contribution is 5.75. The Morgan fingerprint density at radius 1 is 1.47 bits per heavy atom. The van der Waals surface area contributed by atoms with E-state index in [1.807, 2.05) is 13.8 Å². The number of carbonyl (C=O) groups excluding carboxylic acids is 1. The zero-order valence-electron chi connectivity index (χ0n) is 9.51. The fourth-order valence-corrected chi connectivity index (χ4v) is 1.19. The van der Waals surface area contributed by atoms with E-state index in [1.54, 1.807) is 6.92 Å². The van der Waals surface area contributed by atoms with Crippen molar-refractivity contribution >= 4 is 5.97 Å². The maximum atomic E-state index is 11.5. The molecule has 88 valence electrons. The van der Waals surface area contributed by atoms with Crippen LogP contribution in [0.4, 0.5) is 0 Å². The predicted molar refractivity (Wildman–Crippen MR) is 57.2 cm³/mol. The SMILES string of the molecule is CCOC(=O)[C@H](/C=C/CO)[C@@H](O)C(C)C. The first-order valence-corrected chi connectivity index (χ1v) is 5.16. The second kappa shape index (κ2) is 7.43. The molecule has 0 aliphatic carbocycles. The van der Waals surface area contributed by atoms with Crippen LogP contribution in [0.3, 0.4) is 0 Å². The van der Waals surface area contributed by atoms with Gasteiger partial charge in [-0.25, -0.2) is 0 Å². The highest BCUT2D eigenvalue weighted by Gasteiger charge is 2.27. The average Bonchev–Trinajstić information content (AvgIpc) is 2.18. The summed E-state index contributed by atoms with van der Waals surface area (Å²) in [6.45, 7) is 5.49. The van der Waals surface area contributed by atoms with E-state index in [2.05, 4.69) is 0 Å². The molecule has 0 saturated carbocycles. The van der Waals surface area contributed by atoms with Crippen molar-refractivity contribution in [3.63, 3.8) is 0 Å². The lowest BCUT2D eigenvalue weighted by molar-refractivity contribution is -0.150. The van der Waals surface area contributed by atoms with Gasteiger partial charge >= 0.3 is 5.97 Å². The second-order valence-corrected chi connectivity index (χ2v) is 3.62. The molecule has 4 nitrogen and oxygen atoms in total. The van der Waals surface area contributed by atoms with Crippen LogP contribution in [-0.2, 0) is 9.53 Å². The molecule has 0 fully saturated rings. The quantitative estimate of drug-likeness (QED) is 0.507. The van der Waals surface area contributed by atoms with Gasteiger partial charge in [-0.05, 0) is 12.8 Å². The van der Waals surface area contributed by atoms with Crippen LogP contribution < -0.4 is 0 Å². The molecule has 4 heteroatoms. The Labute approximate surface area is 90.6 Å². The maximum Gasteiger partial charge on any atom is 0.315 e. The van der Waals surface area contributed by atoms with Crippen LogP contribution in [0, 0.1) is 11.8 Å². The van der Waals surface area contributed by atoms with Crippen molar-refractivity contribution in [1.29, 1.82) is 0 Å². The lowest BCUT2D eigenvalue weighted by Gasteiger charge is -2.21. The summed E-state index contributed by atoms with van der Waals surface area (Å²) in [7, 11) is 0. The third kappa shape index (κ3) is 4.95. The monoisotopic (exact) mass is 216 g/mol. The van der Waals surface area contributed by atoms with Gasteiger partial charge in [0, 0.05) is 0 Å². The van der Waals surface area contributed by atoms with Gasteiger partial charge in [0.25, 0.3) is 0 Å². The van der Waals surface area contributed by atoms with E-state index < -0.39 is 18.0 Å². The molecule has 0 aliphatic rings. The molecule has 0 unspecified atom stereocenters. The molecule has 0 aliphatic heterocycles. The zero-order valence-corrected chi connectivity index (χ0v) is 9.51. The van der Waals surface area contributed by atoms with Crippen LogP contribution >= 0.6 is 0 Å². The number of rotatable bonds is 6. The van der Waals surface area contributed by atoms with Crippen LogP contribution in [0.2, 0.25) is 0 Å². The van der Waals surface area contributed by atoms with E-state index >= 15 is 0 Å². The number of hydrogen-bond acceptors (Lipinski definition) is 4. The first-order valence-electron chi connectivity index (χ1n) is 5.16. The van der Waals surface area contributed by atoms with Crippen LogP contribution in [0.5, 0.6) is 0 Å². The van der Waals surface area contributed by atoms with E-state index in [0.717, 1.165) is 0 Å². The largest absolute Gasteiger partial charge is 0.465 e. The third-order valence-electron chi connectivity index (χ3n) is 2.06. The molecule has 0 aromatic carbocycles. The Balaban J connectivity index is 4.56. The van der Waals surface area contributed by atoms with Gasteiger partial charge in [0.1, 0.15) is 5.92 Å². The van der Waals surface area contributed by atoms with Crippen molar-refractivity contribution in [2.45, 2.75) is 26.9 Å². The smallest absolute Gasteiger partial charge is 0.315 e. The van der Waals surface area contributed by atoms with Gasteiger partial charge in [0.05, 0.1) is 19.3 Å². The zero-order chi connectivity index (χ0) is 11.8. The van der Waals surface area contributed by atoms with E-state index in [4.69, 9.17) is 9.84 Å². The van der Waals surface area contributed by atoms with Crippen LogP contribution in [0.25, 0.3) is 0 Å². The van der Waals surface area contributed by atoms with Crippen molar-refractivity contribution in [3.8, 4) is 0 Å². The van der Waals surface area contributed by atoms with Gasteiger partial charge in [-0.3, -0.25) is 4.79 Å². The minimum absolute atomic E-state index is 0.0391. The molecule has 0 amide bonds. The predicted octanol–water partition coefficient (Wildman–Crippen LogP) is 0.731. The summed E-state index contributed by atoms with van der Waals surface area (Å²) in [5.41, 5.74) is 0. The average molecular weight is 216 g/mol. The summed E-state index contributed by atoms with van der Waals surface area (Å²) in [5, 5.41) is 18.4. The summed E-state index contributed by atoms with van der Waals surface area (Å²) in [6, 6.07) is 0. The summed E-state index contributed by atoms with van der Waals surface area (Å²) in [5.74, 6) is -1.19. The molecule has 15 heavy (non-hydrogen) atoms. The first kappa shape index (κ1) is 14.1. The van der Waals surface area contributed by atoms with Gasteiger partial charge in [0.2, 0.25) is 0 Å². The molecule has 0 bridgehead atoms. The van der Waals surface area contributed by atoms with Gasteiger partial charge in [-0.15, -0.1) is 0 Å². The molecular weight excluding hydrogens is 196 g/mol. The van der Waals surface area contributed by atoms with Gasteiger partial charge in [0.15, 0.2) is 0 Å². The van der Waals surface area contributed by atoms with Crippen molar-refractivity contribution in [1.82, 2.24) is 0 Å². The van der Waals surface area contributed by atoms with Crippen molar-refractivity contribution in [2.24, 2.45) is 11.8 Å². The van der Waals surface area contributed by atoms with E-state index in [0.29, 0.717) is 0 Å². The number of esters is 1. The van der Waals surface area contributed by atoms with Gasteiger partial charge in [-0.2, -0.15) is 0 Å². The minimum Gasteiger partial charge on any atom is -0.465 e. The number of carbonyl (C=O) groups is 1. The van der Waals surface area contributed by atoms with Gasteiger partial charge in [-0.1, -0.05) is 26.0 Å². The lowest BCUT2D eigenvalue weighted by Crippen LogP contribution is -2.32. The second-order valence-electron chi connectivity index (χ2n) is 3.62. The fourth-order valence-electron chi connectivity index (χ4n) is 1.19. The maximum absolute atomic E-state index is 11.5. The number of ether oxygens (including phenoxy) is 1. The van der Waals surface area contributed by atoms with Crippen molar-refractivity contribution in [2.75, 3.05) is 13.2 Å². The molecule has 0 aromatic heterocycles. The summed E-state index contributed by atoms with van der Waals surface area (Å²) in [4.78, 5) is 11.5. The van der Waals surface area contributed by atoms with E-state index in [1.165, 1.54) is 12.2 Å². The normalized spacial score (nSPS) is 15.6. The molecule has 2 atom stereocenters. The van der Waals surface area contributed by atoms with Crippen molar-refractivity contribution in [3.05, 3.63) is 12.2 Å². The van der Waals surface area contributed by atoms with Crippen molar-refractivity contribution < 1.29 is 19.7 Å². The molecule has 0 aromatic rings. The Morgan fingerprint density at radius 3 is 2.47 bits per heavy atom. The Bertz CT molecular complexity index is 211. The van der Waals surface area contributed by atoms with Crippen LogP contribution in [0.15, 0.2) is 12.2 Å². The Hall–Kier alpha value is -0.870. The number of aliphatic hydroxyl groups excluding tert-OH is 2. The minimum atomic E-state index is -0.785. The Kier molecular flexibility index (Phi) is 6.99. The molecule has 2 N–H and O–H groups in total. The number of aliphatic hydroxyl groups is 2. The summed E-state index contributed by atoms with van der Waals surface area (Å²) in [6.07, 6.45) is 2.14. The summed E-state index contributed by atoms with van der Waals surface area (Å²) >= 11 is 0. The molecule has 0 heterocycles. The highest BCUT2D eigenvalue weighted by atomic mass is 16.5.